The van der Waals surface area contributed by atoms with Crippen LogP contribution in [0.1, 0.15) is 207 Å². The van der Waals surface area contributed by atoms with Crippen molar-refractivity contribution in [2.45, 2.75) is 293 Å². The van der Waals surface area contributed by atoms with Crippen LogP contribution >= 0.6 is 0 Å². The van der Waals surface area contributed by atoms with E-state index in [1.54, 1.807) is 0 Å². The van der Waals surface area contributed by atoms with Gasteiger partial charge in [-0.2, -0.15) is 0 Å². The van der Waals surface area contributed by atoms with Crippen LogP contribution < -0.4 is 5.32 Å². The highest BCUT2D eigenvalue weighted by molar-refractivity contribution is 5.80. The van der Waals surface area contributed by atoms with E-state index in [1.807, 2.05) is 0 Å². The highest BCUT2D eigenvalue weighted by Crippen LogP contribution is 2.30. The molecule has 0 bridgehead atoms. The maximum atomic E-state index is 13.3. The molecule has 67 heavy (non-hydrogen) atoms. The molecule has 2 aliphatic heterocycles. The minimum Gasteiger partial charge on any atom is -0.394 e. The highest BCUT2D eigenvalue weighted by atomic mass is 16.7. The van der Waals surface area contributed by atoms with E-state index in [2.05, 4.69) is 26.1 Å². The van der Waals surface area contributed by atoms with E-state index >= 15 is 0 Å². The lowest BCUT2D eigenvalue weighted by Crippen LogP contribution is -2.65. The van der Waals surface area contributed by atoms with Crippen molar-refractivity contribution in [1.82, 2.24) is 5.32 Å². The number of aliphatic hydroxyl groups is 10. The van der Waals surface area contributed by atoms with Crippen LogP contribution in [0.4, 0.5) is 0 Å². The Balaban J connectivity index is 1.87. The van der Waals surface area contributed by atoms with Crippen molar-refractivity contribution >= 4 is 5.91 Å². The van der Waals surface area contributed by atoms with Crippen molar-refractivity contribution < 1.29 is 74.8 Å². The van der Waals surface area contributed by atoms with Crippen molar-refractivity contribution in [3.63, 3.8) is 0 Å². The second-order valence-corrected chi connectivity index (χ2v) is 19.9. The summed E-state index contributed by atoms with van der Waals surface area (Å²) in [4.78, 5) is 13.3. The summed E-state index contributed by atoms with van der Waals surface area (Å²) in [5.41, 5.74) is 0. The number of amides is 1. The molecule has 0 aromatic rings. The lowest BCUT2D eigenvalue weighted by Gasteiger charge is -2.46. The largest absolute Gasteiger partial charge is 0.394 e. The van der Waals surface area contributed by atoms with Crippen LogP contribution in [0.15, 0.2) is 0 Å². The Kier molecular flexibility index (Phi) is 34.9. The molecule has 2 heterocycles. The molecular formula is C51H99NO15. The molecule has 0 saturated carbocycles. The third-order valence-electron chi connectivity index (χ3n) is 14.1. The van der Waals surface area contributed by atoms with Crippen molar-refractivity contribution in [2.75, 3.05) is 19.8 Å². The van der Waals surface area contributed by atoms with E-state index in [9.17, 15) is 55.9 Å². The average Bonchev–Trinajstić information content (AvgIpc) is 3.33. The molecule has 2 fully saturated rings. The number of unbranched alkanes of at least 4 members (excludes halogenated alkanes) is 23. The molecule has 0 aliphatic carbocycles. The zero-order chi connectivity index (χ0) is 49.4. The van der Waals surface area contributed by atoms with Crippen molar-refractivity contribution in [1.29, 1.82) is 0 Å². The van der Waals surface area contributed by atoms with Gasteiger partial charge in [0.2, 0.25) is 5.91 Å². The van der Waals surface area contributed by atoms with E-state index in [4.69, 9.17) is 18.9 Å². The number of hydrogen-bond acceptors (Lipinski definition) is 15. The summed E-state index contributed by atoms with van der Waals surface area (Å²) in [7, 11) is 0. The molecule has 398 valence electrons. The molecule has 11 N–H and O–H groups in total. The molecule has 0 unspecified atom stereocenters. The van der Waals surface area contributed by atoms with Gasteiger partial charge in [0.05, 0.1) is 32.0 Å². The minimum atomic E-state index is -1.85. The summed E-state index contributed by atoms with van der Waals surface area (Å²) >= 11 is 0. The lowest BCUT2D eigenvalue weighted by atomic mass is 9.97. The number of hydrogen-bond donors (Lipinski definition) is 11. The summed E-state index contributed by atoms with van der Waals surface area (Å²) in [6.45, 7) is 4.70. The topological polar surface area (TPSA) is 268 Å². The minimum absolute atomic E-state index is 0.207. The Labute approximate surface area is 403 Å². The van der Waals surface area contributed by atoms with Crippen LogP contribution in [0.3, 0.4) is 0 Å². The van der Waals surface area contributed by atoms with Gasteiger partial charge in [-0.25, -0.2) is 0 Å². The number of rotatable bonds is 41. The molecular weight excluding hydrogens is 867 g/mol. The number of ether oxygens (including phenoxy) is 4. The molecule has 15 atom stereocenters. The molecule has 0 spiro atoms. The van der Waals surface area contributed by atoms with Crippen LogP contribution in [-0.2, 0) is 23.7 Å². The Bertz CT molecular complexity index is 1190. The molecule has 0 aromatic heterocycles. The highest BCUT2D eigenvalue weighted by Gasteiger charge is 2.51. The fourth-order valence-corrected chi connectivity index (χ4v) is 9.14. The molecule has 0 aromatic carbocycles. The standard InChI is InChI=1S/C51H99NO15/c1-4-6-7-8-9-10-11-12-13-14-15-16-17-18-19-22-26-29-32-39(56)49(63)52-37(42(57)38(55)31-28-25-23-20-21-24-27-30-36(3)5-2)35-64-50-47(62)45(60)48(41(34-54)66-50)67-51-46(61)44(59)43(58)40(33-53)65-51/h36-48,50-51,53-62H,4-35H2,1-3H3,(H,52,63)/t36-,37+,38-,39-,40-,41-,42+,43+,44+,45-,46-,47-,48-,50-,51+/m1/s1. The zero-order valence-corrected chi connectivity index (χ0v) is 41.8. The van der Waals surface area contributed by atoms with Gasteiger partial charge in [-0.15, -0.1) is 0 Å². The summed E-state index contributed by atoms with van der Waals surface area (Å²) in [6, 6.07) is -1.27. The van der Waals surface area contributed by atoms with Gasteiger partial charge in [0.15, 0.2) is 12.6 Å². The monoisotopic (exact) mass is 966 g/mol. The SMILES string of the molecule is CCCCCCCCCCCCCCCCCCCC[C@@H](O)C(=O)N[C@@H](CO[C@@H]1O[C@H](CO)[C@@H](O[C@@H]2O[C@H](CO)[C@H](O)[C@H](O)[C@H]2O)[C@H](O)[C@H]1O)[C@H](O)[C@H](O)CCCCCCCCC[C@H](C)CC. The number of nitrogens with one attached hydrogen (secondary N) is 1. The zero-order valence-electron chi connectivity index (χ0n) is 41.8. The average molecular weight is 966 g/mol. The Hall–Kier alpha value is -1.09. The first-order valence-electron chi connectivity index (χ1n) is 26.9. The van der Waals surface area contributed by atoms with Gasteiger partial charge in [-0.3, -0.25) is 4.79 Å². The lowest BCUT2D eigenvalue weighted by molar-refractivity contribution is -0.359. The van der Waals surface area contributed by atoms with Gasteiger partial charge in [-0.1, -0.05) is 194 Å². The van der Waals surface area contributed by atoms with E-state index in [-0.39, 0.29) is 12.8 Å². The van der Waals surface area contributed by atoms with E-state index in [0.29, 0.717) is 12.8 Å². The quantitative estimate of drug-likeness (QED) is 0.0353. The van der Waals surface area contributed by atoms with Crippen molar-refractivity contribution in [3.8, 4) is 0 Å². The van der Waals surface area contributed by atoms with Crippen LogP contribution in [0.25, 0.3) is 0 Å². The van der Waals surface area contributed by atoms with Crippen LogP contribution in [0.2, 0.25) is 0 Å². The first-order valence-corrected chi connectivity index (χ1v) is 26.9. The van der Waals surface area contributed by atoms with Gasteiger partial charge >= 0.3 is 0 Å². The fraction of sp³-hybridized carbons (Fsp3) is 0.980. The van der Waals surface area contributed by atoms with E-state index in [0.717, 1.165) is 50.9 Å². The van der Waals surface area contributed by atoms with Crippen molar-refractivity contribution in [2.24, 2.45) is 5.92 Å². The predicted octanol–water partition coefficient (Wildman–Crippen LogP) is 5.18. The maximum Gasteiger partial charge on any atom is 0.249 e. The smallest absolute Gasteiger partial charge is 0.249 e. The third kappa shape index (κ3) is 24.7. The number of carbonyl (C=O) groups excluding carboxylic acids is 1. The van der Waals surface area contributed by atoms with Crippen LogP contribution in [-0.4, -0.2) is 163 Å². The van der Waals surface area contributed by atoms with Gasteiger partial charge in [0.1, 0.15) is 61.0 Å². The molecule has 0 radical (unpaired) electrons. The van der Waals surface area contributed by atoms with Crippen LogP contribution in [0.5, 0.6) is 0 Å². The predicted molar refractivity (Wildman–Crippen MR) is 257 cm³/mol. The first-order chi connectivity index (χ1) is 32.3. The molecule has 2 saturated heterocycles. The molecule has 16 nitrogen and oxygen atoms in total. The summed E-state index contributed by atoms with van der Waals surface area (Å²) in [5.74, 6) is -0.00968. The van der Waals surface area contributed by atoms with Gasteiger partial charge in [0.25, 0.3) is 0 Å². The second-order valence-electron chi connectivity index (χ2n) is 19.9. The fourth-order valence-electron chi connectivity index (χ4n) is 9.14. The van der Waals surface area contributed by atoms with Crippen LogP contribution in [0, 0.1) is 5.92 Å². The summed E-state index contributed by atoms with van der Waals surface area (Å²) in [5, 5.41) is 109. The summed E-state index contributed by atoms with van der Waals surface area (Å²) < 4.78 is 22.5. The molecule has 16 heteroatoms. The first kappa shape index (κ1) is 62.0. The Morgan fingerprint density at radius 3 is 1.45 bits per heavy atom. The van der Waals surface area contributed by atoms with E-state index < -0.39 is 111 Å². The van der Waals surface area contributed by atoms with Gasteiger partial charge in [-0.05, 0) is 18.8 Å². The summed E-state index contributed by atoms with van der Waals surface area (Å²) in [6.07, 6.45) is 11.4. The number of carbonyl (C=O) groups is 1. The van der Waals surface area contributed by atoms with Crippen molar-refractivity contribution in [3.05, 3.63) is 0 Å². The van der Waals surface area contributed by atoms with E-state index in [1.165, 1.54) is 116 Å². The molecule has 2 rings (SSSR count). The molecule has 2 aliphatic rings. The number of aliphatic hydroxyl groups excluding tert-OH is 10. The van der Waals surface area contributed by atoms with Gasteiger partial charge < -0.3 is 75.3 Å². The Morgan fingerprint density at radius 2 is 0.970 bits per heavy atom. The Morgan fingerprint density at radius 1 is 0.537 bits per heavy atom. The maximum absolute atomic E-state index is 13.3. The third-order valence-corrected chi connectivity index (χ3v) is 14.1. The second kappa shape index (κ2) is 37.7. The molecule has 1 amide bonds. The van der Waals surface area contributed by atoms with Gasteiger partial charge in [0, 0.05) is 0 Å². The normalized spacial score (nSPS) is 28.0.